The highest BCUT2D eigenvalue weighted by Gasteiger charge is 2.34. The summed E-state index contributed by atoms with van der Waals surface area (Å²) in [6, 6.07) is 22.6. The number of hydrogen-bond acceptors (Lipinski definition) is 7. The third-order valence-corrected chi connectivity index (χ3v) is 7.13. The number of amides is 1. The van der Waals surface area contributed by atoms with Crippen LogP contribution >= 0.6 is 15.9 Å². The van der Waals surface area contributed by atoms with E-state index in [0.29, 0.717) is 34.6 Å². The largest absolute Gasteiger partial charge is 0.484 e. The van der Waals surface area contributed by atoms with Crippen LogP contribution in [-0.4, -0.2) is 23.2 Å². The predicted molar refractivity (Wildman–Crippen MR) is 150 cm³/mol. The summed E-state index contributed by atoms with van der Waals surface area (Å²) in [5.74, 6) is -0.0203. The van der Waals surface area contributed by atoms with Crippen molar-refractivity contribution in [2.24, 2.45) is 5.10 Å². The van der Waals surface area contributed by atoms with E-state index in [1.165, 1.54) is 11.1 Å². The van der Waals surface area contributed by atoms with Gasteiger partial charge in [0, 0.05) is 33.8 Å². The fourth-order valence-corrected chi connectivity index (χ4v) is 5.16. The van der Waals surface area contributed by atoms with Gasteiger partial charge in [-0.15, -0.1) is 0 Å². The van der Waals surface area contributed by atoms with Crippen LogP contribution in [0.5, 0.6) is 5.75 Å². The Hall–Kier alpha value is -4.50. The van der Waals surface area contributed by atoms with Crippen molar-refractivity contribution in [3.05, 3.63) is 121 Å². The molecule has 1 unspecified atom stereocenters. The lowest BCUT2D eigenvalue weighted by Gasteiger charge is -2.22. The molecule has 1 aliphatic rings. The highest BCUT2D eigenvalue weighted by atomic mass is 79.9. The summed E-state index contributed by atoms with van der Waals surface area (Å²) in [7, 11) is 0. The van der Waals surface area contributed by atoms with Gasteiger partial charge in [0.2, 0.25) is 0 Å². The maximum absolute atomic E-state index is 13.4. The van der Waals surface area contributed by atoms with Gasteiger partial charge in [0.05, 0.1) is 17.3 Å². The van der Waals surface area contributed by atoms with Crippen LogP contribution in [-0.2, 0) is 4.79 Å². The Labute approximate surface area is 230 Å². The molecule has 1 aliphatic heterocycles. The first-order valence-electron chi connectivity index (χ1n) is 12.2. The minimum atomic E-state index is -0.515. The maximum Gasteiger partial charge on any atom is 0.345 e. The van der Waals surface area contributed by atoms with Crippen LogP contribution in [0, 0.1) is 6.92 Å². The summed E-state index contributed by atoms with van der Waals surface area (Å²) in [5.41, 5.74) is 2.29. The summed E-state index contributed by atoms with van der Waals surface area (Å²) in [6.45, 7) is 1.51. The Morgan fingerprint density at radius 2 is 1.85 bits per heavy atom. The molecule has 6 rings (SSSR count). The molecule has 0 fully saturated rings. The molecule has 9 heteroatoms. The number of carbonyl (C=O) groups excluding carboxylic acids is 1. The Morgan fingerprint density at radius 1 is 1.00 bits per heavy atom. The Kier molecular flexibility index (Phi) is 6.36. The van der Waals surface area contributed by atoms with Crippen molar-refractivity contribution in [1.29, 1.82) is 0 Å². The molecular formula is C30H21BrN2O6. The number of halogens is 1. The molecule has 0 saturated carbocycles. The van der Waals surface area contributed by atoms with Crippen LogP contribution in [0.2, 0.25) is 0 Å². The third kappa shape index (κ3) is 4.88. The van der Waals surface area contributed by atoms with E-state index in [9.17, 15) is 14.4 Å². The average molecular weight is 585 g/mol. The Bertz CT molecular complexity index is 1910. The number of rotatable bonds is 5. The maximum atomic E-state index is 13.4. The molecule has 0 saturated heterocycles. The Morgan fingerprint density at radius 3 is 2.69 bits per heavy atom. The van der Waals surface area contributed by atoms with Gasteiger partial charge in [0.15, 0.2) is 6.61 Å². The average Bonchev–Trinajstić information content (AvgIpc) is 3.36. The van der Waals surface area contributed by atoms with Crippen molar-refractivity contribution in [3.8, 4) is 5.75 Å². The smallest absolute Gasteiger partial charge is 0.345 e. The zero-order valence-corrected chi connectivity index (χ0v) is 22.3. The van der Waals surface area contributed by atoms with Crippen LogP contribution in [0.4, 0.5) is 0 Å². The number of aryl methyl sites for hydroxylation is 1. The van der Waals surface area contributed by atoms with E-state index in [1.807, 2.05) is 43.3 Å². The van der Waals surface area contributed by atoms with E-state index in [-0.39, 0.29) is 6.61 Å². The molecule has 1 amide bonds. The number of fused-ring (bicyclic) bond motifs is 2. The molecule has 39 heavy (non-hydrogen) atoms. The number of para-hydroxylation sites is 1. The van der Waals surface area contributed by atoms with Gasteiger partial charge >= 0.3 is 11.3 Å². The minimum absolute atomic E-state index is 0.310. The summed E-state index contributed by atoms with van der Waals surface area (Å²) in [4.78, 5) is 38.1. The van der Waals surface area contributed by atoms with E-state index in [0.717, 1.165) is 26.4 Å². The third-order valence-electron chi connectivity index (χ3n) is 6.64. The molecule has 3 heterocycles. The molecule has 8 nitrogen and oxygen atoms in total. The van der Waals surface area contributed by atoms with Crippen molar-refractivity contribution in [2.45, 2.75) is 19.4 Å². The lowest BCUT2D eigenvalue weighted by atomic mass is 9.98. The van der Waals surface area contributed by atoms with Crippen LogP contribution in [0.3, 0.4) is 0 Å². The second kappa shape index (κ2) is 9.99. The second-order valence-electron chi connectivity index (χ2n) is 9.24. The molecule has 3 aromatic carbocycles. The van der Waals surface area contributed by atoms with Gasteiger partial charge in [0.1, 0.15) is 16.9 Å². The topological polar surface area (TPSA) is 102 Å². The molecule has 0 bridgehead atoms. The van der Waals surface area contributed by atoms with Crippen molar-refractivity contribution in [1.82, 2.24) is 5.01 Å². The molecular weight excluding hydrogens is 564 g/mol. The number of ether oxygens (including phenoxy) is 1. The molecule has 0 aliphatic carbocycles. The number of nitrogens with zero attached hydrogens (tertiary/aromatic N) is 2. The number of hydrazone groups is 1. The van der Waals surface area contributed by atoms with Crippen LogP contribution < -0.4 is 16.0 Å². The molecule has 2 aromatic heterocycles. The minimum Gasteiger partial charge on any atom is -0.484 e. The standard InChI is InChI=1S/C30H21BrN2O6/c1-17-11-29(35)38-27-14-21(9-10-22(17)27)37-16-28(34)33-25(18-6-4-7-20(31)12-18)15-24(32-33)23-13-19-5-2-3-8-26(19)39-30(23)36/h2-14,25H,15-16H2,1H3. The summed E-state index contributed by atoms with van der Waals surface area (Å²) >= 11 is 3.49. The highest BCUT2D eigenvalue weighted by Crippen LogP contribution is 2.34. The first-order valence-corrected chi connectivity index (χ1v) is 13.0. The normalized spacial score (nSPS) is 15.1. The van der Waals surface area contributed by atoms with Gasteiger partial charge in [-0.25, -0.2) is 14.6 Å². The molecule has 1 atom stereocenters. The molecule has 0 N–H and O–H groups in total. The van der Waals surface area contributed by atoms with Gasteiger partial charge in [0.25, 0.3) is 5.91 Å². The van der Waals surface area contributed by atoms with E-state index >= 15 is 0 Å². The summed E-state index contributed by atoms with van der Waals surface area (Å²) in [5, 5.41) is 7.49. The lowest BCUT2D eigenvalue weighted by Crippen LogP contribution is -2.31. The van der Waals surface area contributed by atoms with E-state index in [2.05, 4.69) is 21.0 Å². The van der Waals surface area contributed by atoms with Crippen molar-refractivity contribution in [3.63, 3.8) is 0 Å². The summed E-state index contributed by atoms with van der Waals surface area (Å²) < 4.78 is 17.4. The van der Waals surface area contributed by atoms with Crippen molar-refractivity contribution >= 4 is 49.5 Å². The fourth-order valence-electron chi connectivity index (χ4n) is 4.75. The van der Waals surface area contributed by atoms with Gasteiger partial charge in [-0.3, -0.25) is 4.79 Å². The Balaban J connectivity index is 1.32. The van der Waals surface area contributed by atoms with E-state index in [4.69, 9.17) is 13.6 Å². The lowest BCUT2D eigenvalue weighted by molar-refractivity contribution is -0.135. The monoisotopic (exact) mass is 584 g/mol. The highest BCUT2D eigenvalue weighted by molar-refractivity contribution is 9.10. The van der Waals surface area contributed by atoms with Gasteiger partial charge in [-0.05, 0) is 54.4 Å². The zero-order chi connectivity index (χ0) is 27.1. The first kappa shape index (κ1) is 24.8. The zero-order valence-electron chi connectivity index (χ0n) is 20.7. The first-order chi connectivity index (χ1) is 18.9. The molecule has 0 spiro atoms. The van der Waals surface area contributed by atoms with E-state index in [1.54, 1.807) is 36.4 Å². The molecule has 5 aromatic rings. The van der Waals surface area contributed by atoms with Crippen LogP contribution in [0.1, 0.15) is 29.2 Å². The quantitative estimate of drug-likeness (QED) is 0.244. The van der Waals surface area contributed by atoms with Crippen LogP contribution in [0.15, 0.2) is 107 Å². The van der Waals surface area contributed by atoms with Gasteiger partial charge < -0.3 is 13.6 Å². The van der Waals surface area contributed by atoms with Crippen molar-refractivity contribution < 1.29 is 18.4 Å². The fraction of sp³-hybridized carbons (Fsp3) is 0.133. The summed E-state index contributed by atoms with van der Waals surface area (Å²) in [6.07, 6.45) is 0.325. The van der Waals surface area contributed by atoms with Gasteiger partial charge in [-0.2, -0.15) is 5.10 Å². The number of benzene rings is 3. The van der Waals surface area contributed by atoms with Crippen molar-refractivity contribution in [2.75, 3.05) is 6.61 Å². The predicted octanol–water partition coefficient (Wildman–Crippen LogP) is 5.73. The molecule has 0 radical (unpaired) electrons. The molecule has 194 valence electrons. The van der Waals surface area contributed by atoms with Gasteiger partial charge in [-0.1, -0.05) is 46.3 Å². The van der Waals surface area contributed by atoms with E-state index < -0.39 is 23.2 Å². The number of carbonyl (C=O) groups is 1. The second-order valence-corrected chi connectivity index (χ2v) is 10.2. The SMILES string of the molecule is Cc1cc(=O)oc2cc(OCC(=O)N3N=C(c4cc5ccccc5oc4=O)CC3c3cccc(Br)c3)ccc12. The van der Waals surface area contributed by atoms with Crippen LogP contribution in [0.25, 0.3) is 21.9 Å². The number of hydrogen-bond donors (Lipinski definition) is 0.